The van der Waals surface area contributed by atoms with Crippen LogP contribution in [0, 0.1) is 0 Å². The first kappa shape index (κ1) is 9.12. The third-order valence-corrected chi connectivity index (χ3v) is 2.31. The Morgan fingerprint density at radius 2 is 2.55 bits per heavy atom. The molecule has 0 amide bonds. The molecule has 0 radical (unpaired) electrons. The highest BCUT2D eigenvalue weighted by Crippen LogP contribution is 2.07. The second-order valence-electron chi connectivity index (χ2n) is 2.71. The highest BCUT2D eigenvalue weighted by molar-refractivity contribution is 7.77. The molecule has 5 heteroatoms. The summed E-state index contributed by atoms with van der Waals surface area (Å²) < 4.78 is 22.4. The molecule has 1 saturated heterocycles. The van der Waals surface area contributed by atoms with Gasteiger partial charge in [-0.15, -0.1) is 0 Å². The Hall–Kier alpha value is 0.0300. The average molecular weight is 177 g/mol. The molecular formula is C6H13N2O2S-. The summed E-state index contributed by atoms with van der Waals surface area (Å²) in [6.07, 6.45) is 3.28. The Bertz CT molecular complexity index is 137. The van der Waals surface area contributed by atoms with Gasteiger partial charge in [0.1, 0.15) is 0 Å². The van der Waals surface area contributed by atoms with Gasteiger partial charge in [-0.2, -0.15) is 0 Å². The van der Waals surface area contributed by atoms with Crippen LogP contribution in [0.2, 0.25) is 0 Å². The molecule has 2 N–H and O–H groups in total. The Labute approximate surface area is 69.2 Å². The Balaban J connectivity index is 1.98. The normalized spacial score (nSPS) is 27.2. The van der Waals surface area contributed by atoms with Gasteiger partial charge in [0.25, 0.3) is 0 Å². The first-order valence-electron chi connectivity index (χ1n) is 3.85. The lowest BCUT2D eigenvalue weighted by atomic mass is 10.2. The van der Waals surface area contributed by atoms with Gasteiger partial charge in [-0.25, -0.2) is 4.72 Å². The van der Waals surface area contributed by atoms with E-state index in [9.17, 15) is 8.76 Å². The average Bonchev–Trinajstić information content (AvgIpc) is 2.39. The maximum absolute atomic E-state index is 10.0. The smallest absolute Gasteiger partial charge is 0.0181 e. The third kappa shape index (κ3) is 3.81. The van der Waals surface area contributed by atoms with Gasteiger partial charge in [0.2, 0.25) is 0 Å². The van der Waals surface area contributed by atoms with Crippen LogP contribution in [0.1, 0.15) is 19.3 Å². The van der Waals surface area contributed by atoms with Crippen LogP contribution in [0.25, 0.3) is 0 Å². The summed E-state index contributed by atoms with van der Waals surface area (Å²) in [5, 5.41) is 3.29. The monoisotopic (exact) mass is 177 g/mol. The standard InChI is InChI=1S/C6H14N2O2S/c9-11(10)8-5-3-6-2-1-4-7-6/h6-8H,1-5H2,(H,9,10)/p-1/t6-/m0/s1. The van der Waals surface area contributed by atoms with Crippen molar-refractivity contribution in [1.82, 2.24) is 10.0 Å². The number of hydrogen-bond acceptors (Lipinski definition) is 3. The molecule has 0 bridgehead atoms. The van der Waals surface area contributed by atoms with E-state index < -0.39 is 11.3 Å². The molecule has 2 atom stereocenters. The van der Waals surface area contributed by atoms with E-state index in [-0.39, 0.29) is 0 Å². The SMILES string of the molecule is O=S([O-])NCC[C@@H]1CCCN1. The zero-order valence-electron chi connectivity index (χ0n) is 6.34. The number of rotatable bonds is 4. The summed E-state index contributed by atoms with van der Waals surface area (Å²) in [6, 6.07) is 0.519. The molecule has 11 heavy (non-hydrogen) atoms. The zero-order valence-corrected chi connectivity index (χ0v) is 7.15. The van der Waals surface area contributed by atoms with E-state index in [1.54, 1.807) is 0 Å². The van der Waals surface area contributed by atoms with Crippen LogP contribution < -0.4 is 10.0 Å². The summed E-state index contributed by atoms with van der Waals surface area (Å²) in [7, 11) is 0. The summed E-state index contributed by atoms with van der Waals surface area (Å²) in [6.45, 7) is 1.62. The quantitative estimate of drug-likeness (QED) is 0.570. The van der Waals surface area contributed by atoms with Crippen molar-refractivity contribution in [1.29, 1.82) is 0 Å². The lowest BCUT2D eigenvalue weighted by molar-refractivity contribution is 0.508. The molecule has 0 saturated carbocycles. The topological polar surface area (TPSA) is 64.2 Å². The molecule has 1 fully saturated rings. The highest BCUT2D eigenvalue weighted by atomic mass is 32.2. The molecular weight excluding hydrogens is 164 g/mol. The minimum Gasteiger partial charge on any atom is -0.760 e. The third-order valence-electron chi connectivity index (χ3n) is 1.88. The van der Waals surface area contributed by atoms with E-state index in [0.29, 0.717) is 12.6 Å². The van der Waals surface area contributed by atoms with Gasteiger partial charge in [-0.1, -0.05) is 0 Å². The van der Waals surface area contributed by atoms with Crippen LogP contribution in [0.15, 0.2) is 0 Å². The van der Waals surface area contributed by atoms with Crippen LogP contribution in [0.5, 0.6) is 0 Å². The summed E-state index contributed by atoms with van der Waals surface area (Å²) in [4.78, 5) is 0. The first-order valence-corrected chi connectivity index (χ1v) is 4.92. The van der Waals surface area contributed by atoms with Gasteiger partial charge < -0.3 is 9.87 Å². The van der Waals surface area contributed by atoms with Crippen LogP contribution in [0.4, 0.5) is 0 Å². The molecule has 0 aromatic carbocycles. The maximum Gasteiger partial charge on any atom is 0.0181 e. The Morgan fingerprint density at radius 3 is 3.09 bits per heavy atom. The van der Waals surface area contributed by atoms with Crippen molar-refractivity contribution in [2.45, 2.75) is 25.3 Å². The van der Waals surface area contributed by atoms with Crippen molar-refractivity contribution in [2.75, 3.05) is 13.1 Å². The molecule has 66 valence electrons. The molecule has 4 nitrogen and oxygen atoms in total. The van der Waals surface area contributed by atoms with Gasteiger partial charge in [0.05, 0.1) is 0 Å². The second kappa shape index (κ2) is 4.82. The van der Waals surface area contributed by atoms with Crippen molar-refractivity contribution in [3.8, 4) is 0 Å². The Morgan fingerprint density at radius 1 is 1.73 bits per heavy atom. The van der Waals surface area contributed by atoms with Crippen molar-refractivity contribution in [2.24, 2.45) is 0 Å². The lowest BCUT2D eigenvalue weighted by Gasteiger charge is -2.11. The van der Waals surface area contributed by atoms with Crippen molar-refractivity contribution < 1.29 is 8.76 Å². The fourth-order valence-electron chi connectivity index (χ4n) is 1.32. The predicted octanol–water partition coefficient (Wildman–Crippen LogP) is -0.488. The van der Waals surface area contributed by atoms with Gasteiger partial charge in [-0.05, 0) is 25.8 Å². The van der Waals surface area contributed by atoms with Crippen molar-refractivity contribution >= 4 is 11.3 Å². The van der Waals surface area contributed by atoms with E-state index >= 15 is 0 Å². The van der Waals surface area contributed by atoms with E-state index in [0.717, 1.165) is 13.0 Å². The molecule has 1 unspecified atom stereocenters. The van der Waals surface area contributed by atoms with E-state index in [1.165, 1.54) is 12.8 Å². The molecule has 1 aliphatic heterocycles. The van der Waals surface area contributed by atoms with E-state index in [2.05, 4.69) is 10.0 Å². The van der Waals surface area contributed by atoms with Crippen molar-refractivity contribution in [3.05, 3.63) is 0 Å². The van der Waals surface area contributed by atoms with Gasteiger partial charge in [0, 0.05) is 23.9 Å². The highest BCUT2D eigenvalue weighted by Gasteiger charge is 2.12. The molecule has 0 aromatic heterocycles. The maximum atomic E-state index is 10.0. The van der Waals surface area contributed by atoms with E-state index in [4.69, 9.17) is 0 Å². The number of hydrogen-bond donors (Lipinski definition) is 2. The Kier molecular flexibility index (Phi) is 3.99. The number of nitrogens with one attached hydrogen (secondary N) is 2. The molecule has 1 aliphatic rings. The minimum atomic E-state index is -2.09. The lowest BCUT2D eigenvalue weighted by Crippen LogP contribution is -2.27. The van der Waals surface area contributed by atoms with Crippen LogP contribution in [0.3, 0.4) is 0 Å². The van der Waals surface area contributed by atoms with E-state index in [1.807, 2.05) is 0 Å². The molecule has 1 heterocycles. The molecule has 0 aliphatic carbocycles. The van der Waals surface area contributed by atoms with Gasteiger partial charge in [-0.3, -0.25) is 4.21 Å². The van der Waals surface area contributed by atoms with Crippen LogP contribution in [-0.4, -0.2) is 27.9 Å². The zero-order chi connectivity index (χ0) is 8.10. The first-order chi connectivity index (χ1) is 5.29. The molecule has 0 aromatic rings. The molecule has 0 spiro atoms. The van der Waals surface area contributed by atoms with Gasteiger partial charge >= 0.3 is 0 Å². The second-order valence-corrected chi connectivity index (χ2v) is 3.47. The summed E-state index contributed by atoms with van der Waals surface area (Å²) in [5.74, 6) is 0. The largest absolute Gasteiger partial charge is 0.760 e. The summed E-state index contributed by atoms with van der Waals surface area (Å²) in [5.41, 5.74) is 0. The minimum absolute atomic E-state index is 0.519. The fourth-order valence-corrected chi connectivity index (χ4v) is 1.60. The predicted molar refractivity (Wildman–Crippen MR) is 42.6 cm³/mol. The fraction of sp³-hybridized carbons (Fsp3) is 1.00. The summed E-state index contributed by atoms with van der Waals surface area (Å²) >= 11 is -2.09. The van der Waals surface area contributed by atoms with Gasteiger partial charge in [0.15, 0.2) is 0 Å². The molecule has 1 rings (SSSR count). The van der Waals surface area contributed by atoms with Crippen LogP contribution in [-0.2, 0) is 11.3 Å². The van der Waals surface area contributed by atoms with Crippen LogP contribution >= 0.6 is 0 Å². The van der Waals surface area contributed by atoms with Crippen molar-refractivity contribution in [3.63, 3.8) is 0 Å².